The molecule has 2 rings (SSSR count). The van der Waals surface area contributed by atoms with Crippen LogP contribution in [0.1, 0.15) is 47.0 Å². The molecule has 0 fully saturated rings. The van der Waals surface area contributed by atoms with Crippen LogP contribution in [0.5, 0.6) is 0 Å². The normalized spacial score (nSPS) is 19.9. The zero-order valence-electron chi connectivity index (χ0n) is 24.5. The molecule has 0 spiro atoms. The number of hydrogen-bond donors (Lipinski definition) is 0. The predicted octanol–water partition coefficient (Wildman–Crippen LogP) is 1.08. The van der Waals surface area contributed by atoms with Crippen molar-refractivity contribution in [1.82, 2.24) is 14.7 Å². The van der Waals surface area contributed by atoms with Crippen LogP contribution in [-0.2, 0) is 38.1 Å². The van der Waals surface area contributed by atoms with Gasteiger partial charge in [0, 0.05) is 51.4 Å². The van der Waals surface area contributed by atoms with E-state index in [0.717, 1.165) is 12.1 Å². The van der Waals surface area contributed by atoms with Crippen molar-refractivity contribution < 1.29 is 38.1 Å². The lowest BCUT2D eigenvalue weighted by atomic mass is 10.1. The molecule has 0 radical (unpaired) electrons. The third-order valence-electron chi connectivity index (χ3n) is 6.58. The SMILES string of the molecule is CCOC(=O)CCC(C(=O)OCC)N1CCN(CC(=O)OCC)CCN(CC(=O)OCC)CC2CC=CC(=N2)C1. The highest BCUT2D eigenvalue weighted by molar-refractivity contribution is 5.97. The summed E-state index contributed by atoms with van der Waals surface area (Å²) in [5, 5.41) is 0. The minimum Gasteiger partial charge on any atom is -0.466 e. The van der Waals surface area contributed by atoms with Gasteiger partial charge in [0.1, 0.15) is 6.04 Å². The first-order valence-electron chi connectivity index (χ1n) is 14.3. The second-order valence-electron chi connectivity index (χ2n) is 9.62. The van der Waals surface area contributed by atoms with Gasteiger partial charge in [-0.15, -0.1) is 0 Å². The van der Waals surface area contributed by atoms with Crippen LogP contribution in [0.3, 0.4) is 0 Å². The summed E-state index contributed by atoms with van der Waals surface area (Å²) in [4.78, 5) is 60.9. The first-order chi connectivity index (χ1) is 19.3. The third kappa shape index (κ3) is 12.1. The third-order valence-corrected chi connectivity index (χ3v) is 6.58. The monoisotopic (exact) mass is 566 g/mol. The van der Waals surface area contributed by atoms with Gasteiger partial charge in [0.05, 0.1) is 45.6 Å². The van der Waals surface area contributed by atoms with Crippen LogP contribution in [0.4, 0.5) is 0 Å². The smallest absolute Gasteiger partial charge is 0.323 e. The molecule has 0 aromatic carbocycles. The summed E-state index contributed by atoms with van der Waals surface area (Å²) in [6.07, 6.45) is 5.05. The molecule has 2 heterocycles. The summed E-state index contributed by atoms with van der Waals surface area (Å²) in [6, 6.07) is -0.761. The van der Waals surface area contributed by atoms with Crippen LogP contribution in [0.15, 0.2) is 17.1 Å². The van der Waals surface area contributed by atoms with E-state index in [0.29, 0.717) is 45.9 Å². The van der Waals surface area contributed by atoms with Crippen LogP contribution in [0.25, 0.3) is 0 Å². The van der Waals surface area contributed by atoms with Gasteiger partial charge in [-0.2, -0.15) is 0 Å². The lowest BCUT2D eigenvalue weighted by molar-refractivity contribution is -0.151. The highest BCUT2D eigenvalue weighted by atomic mass is 16.5. The Balaban J connectivity index is 2.35. The largest absolute Gasteiger partial charge is 0.466 e. The summed E-state index contributed by atoms with van der Waals surface area (Å²) < 4.78 is 20.9. The van der Waals surface area contributed by atoms with E-state index in [-0.39, 0.29) is 69.7 Å². The Hall–Kier alpha value is -2.83. The second-order valence-corrected chi connectivity index (χ2v) is 9.62. The van der Waals surface area contributed by atoms with Crippen molar-refractivity contribution in [3.8, 4) is 0 Å². The van der Waals surface area contributed by atoms with E-state index < -0.39 is 12.0 Å². The Labute approximate surface area is 237 Å². The maximum absolute atomic E-state index is 13.1. The molecule has 2 aliphatic rings. The number of rotatable bonds is 13. The van der Waals surface area contributed by atoms with Crippen LogP contribution in [0.2, 0.25) is 0 Å². The molecule has 0 amide bonds. The van der Waals surface area contributed by atoms with Crippen LogP contribution >= 0.6 is 0 Å². The fourth-order valence-electron chi connectivity index (χ4n) is 4.76. The fourth-order valence-corrected chi connectivity index (χ4v) is 4.76. The van der Waals surface area contributed by atoms with E-state index in [1.54, 1.807) is 27.7 Å². The zero-order chi connectivity index (χ0) is 29.3. The van der Waals surface area contributed by atoms with Gasteiger partial charge >= 0.3 is 23.9 Å². The zero-order valence-corrected chi connectivity index (χ0v) is 24.5. The Kier molecular flexibility index (Phi) is 15.4. The molecular formula is C28H46N4O8. The highest BCUT2D eigenvalue weighted by Gasteiger charge is 2.31. The quantitative estimate of drug-likeness (QED) is 0.235. The van der Waals surface area contributed by atoms with E-state index in [4.69, 9.17) is 23.9 Å². The van der Waals surface area contributed by atoms with Crippen LogP contribution in [0, 0.1) is 0 Å². The molecule has 0 aromatic rings. The predicted molar refractivity (Wildman–Crippen MR) is 149 cm³/mol. The van der Waals surface area contributed by atoms with Gasteiger partial charge in [0.2, 0.25) is 0 Å². The van der Waals surface area contributed by atoms with Gasteiger partial charge < -0.3 is 18.9 Å². The van der Waals surface area contributed by atoms with Gasteiger partial charge in [0.25, 0.3) is 0 Å². The Morgan fingerprint density at radius 1 is 0.825 bits per heavy atom. The van der Waals surface area contributed by atoms with Crippen molar-refractivity contribution in [2.24, 2.45) is 4.99 Å². The van der Waals surface area contributed by atoms with E-state index >= 15 is 0 Å². The number of dihydropyridines is 1. The maximum atomic E-state index is 13.1. The molecule has 0 saturated carbocycles. The average Bonchev–Trinajstić information content (AvgIpc) is 2.90. The highest BCUT2D eigenvalue weighted by Crippen LogP contribution is 2.16. The van der Waals surface area contributed by atoms with Crippen molar-refractivity contribution in [2.75, 3.05) is 78.8 Å². The van der Waals surface area contributed by atoms with E-state index in [2.05, 4.69) is 6.08 Å². The number of ether oxygens (including phenoxy) is 4. The van der Waals surface area contributed by atoms with Crippen molar-refractivity contribution in [2.45, 2.75) is 59.0 Å². The summed E-state index contributed by atoms with van der Waals surface area (Å²) in [7, 11) is 0. The molecule has 0 aromatic heterocycles. The first-order valence-corrected chi connectivity index (χ1v) is 14.3. The summed E-state index contributed by atoms with van der Waals surface area (Å²) in [5.74, 6) is -1.42. The lowest BCUT2D eigenvalue weighted by Crippen LogP contribution is -2.50. The average molecular weight is 567 g/mol. The number of fused-ring (bicyclic) bond motifs is 1. The Bertz CT molecular complexity index is 894. The molecular weight excluding hydrogens is 520 g/mol. The number of aliphatic imine (C=N–C) groups is 1. The molecule has 2 bridgehead atoms. The Morgan fingerprint density at radius 3 is 2.05 bits per heavy atom. The molecule has 2 atom stereocenters. The molecule has 2 unspecified atom stereocenters. The van der Waals surface area contributed by atoms with Gasteiger partial charge in [-0.1, -0.05) is 6.08 Å². The molecule has 0 saturated heterocycles. The topological polar surface area (TPSA) is 127 Å². The molecule has 12 nitrogen and oxygen atoms in total. The molecule has 2 aliphatic heterocycles. The summed E-state index contributed by atoms with van der Waals surface area (Å²) in [5.41, 5.74) is 0.801. The molecule has 40 heavy (non-hydrogen) atoms. The number of carbonyl (C=O) groups excluding carboxylic acids is 4. The van der Waals surface area contributed by atoms with E-state index in [9.17, 15) is 19.2 Å². The first kappa shape index (κ1) is 33.4. The fraction of sp³-hybridized carbons (Fsp3) is 0.750. The number of esters is 4. The number of carbonyl (C=O) groups is 4. The Morgan fingerprint density at radius 2 is 1.40 bits per heavy atom. The number of hydrogen-bond acceptors (Lipinski definition) is 12. The summed E-state index contributed by atoms with van der Waals surface area (Å²) in [6.45, 7) is 11.1. The van der Waals surface area contributed by atoms with Crippen molar-refractivity contribution in [3.63, 3.8) is 0 Å². The van der Waals surface area contributed by atoms with Crippen molar-refractivity contribution >= 4 is 29.6 Å². The number of nitrogens with zero attached hydrogens (tertiary/aromatic N) is 4. The van der Waals surface area contributed by atoms with Crippen LogP contribution < -0.4 is 0 Å². The van der Waals surface area contributed by atoms with Gasteiger partial charge in [-0.3, -0.25) is 38.9 Å². The van der Waals surface area contributed by atoms with Gasteiger partial charge in [-0.25, -0.2) is 0 Å². The van der Waals surface area contributed by atoms with E-state index in [1.807, 2.05) is 20.8 Å². The van der Waals surface area contributed by atoms with Crippen molar-refractivity contribution in [3.05, 3.63) is 12.2 Å². The summed E-state index contributed by atoms with van der Waals surface area (Å²) >= 11 is 0. The van der Waals surface area contributed by atoms with Gasteiger partial charge in [-0.05, 0) is 46.6 Å². The lowest BCUT2D eigenvalue weighted by Gasteiger charge is -2.35. The second kappa shape index (κ2) is 18.5. The minimum absolute atomic E-state index is 0.0743. The van der Waals surface area contributed by atoms with Crippen LogP contribution in [-0.4, -0.2) is 135 Å². The van der Waals surface area contributed by atoms with E-state index in [1.165, 1.54) is 0 Å². The van der Waals surface area contributed by atoms with Crippen molar-refractivity contribution in [1.29, 1.82) is 0 Å². The maximum Gasteiger partial charge on any atom is 0.323 e. The molecule has 0 N–H and O–H groups in total. The molecule has 12 heteroatoms. The minimum atomic E-state index is -0.687. The standard InChI is InChI=1S/C28H46N4O8/c1-5-37-25(33)13-12-24(28(36)40-8-4)32-17-16-30(20-26(34)38-6-2)14-15-31(21-27(35)39-7-3)18-22-10-9-11-23(19-32)29-22/h9,11,22,24H,5-8,10,12-21H2,1-4H3. The molecule has 0 aliphatic carbocycles. The van der Waals surface area contributed by atoms with Gasteiger partial charge in [0.15, 0.2) is 0 Å². The molecule has 226 valence electrons.